The average Bonchev–Trinajstić information content (AvgIpc) is 2.29. The summed E-state index contributed by atoms with van der Waals surface area (Å²) in [7, 11) is 1.65. The monoisotopic (exact) mass is 247 g/mol. The van der Waals surface area contributed by atoms with E-state index >= 15 is 0 Å². The maximum atomic E-state index is 6.03. The lowest BCUT2D eigenvalue weighted by Crippen LogP contribution is -1.92. The van der Waals surface area contributed by atoms with E-state index in [1.807, 2.05) is 43.3 Å². The molecule has 0 radical (unpaired) electrons. The highest BCUT2D eigenvalue weighted by Crippen LogP contribution is 2.34. The number of hydrogen-bond donors (Lipinski definition) is 1. The number of methoxy groups -OCH3 is 1. The lowest BCUT2D eigenvalue weighted by molar-refractivity contribution is 0.416. The van der Waals surface area contributed by atoms with Gasteiger partial charge < -0.3 is 10.5 Å². The molecule has 2 nitrogen and oxygen atoms in total. The van der Waals surface area contributed by atoms with Crippen LogP contribution in [0.1, 0.15) is 5.56 Å². The predicted octanol–water partition coefficient (Wildman–Crippen LogP) is 3.91. The van der Waals surface area contributed by atoms with E-state index in [-0.39, 0.29) is 0 Å². The van der Waals surface area contributed by atoms with Crippen LogP contribution in [0.3, 0.4) is 0 Å². The zero-order valence-electron chi connectivity index (χ0n) is 9.83. The number of aryl methyl sites for hydroxylation is 1. The summed E-state index contributed by atoms with van der Waals surface area (Å²) in [5.74, 6) is 0.808. The number of hydrogen-bond acceptors (Lipinski definition) is 2. The lowest BCUT2D eigenvalue weighted by atomic mass is 9.99. The van der Waals surface area contributed by atoms with Gasteiger partial charge in [0.1, 0.15) is 5.75 Å². The van der Waals surface area contributed by atoms with Crippen LogP contribution in [0.15, 0.2) is 36.4 Å². The van der Waals surface area contributed by atoms with Crippen LogP contribution in [0, 0.1) is 6.92 Å². The Morgan fingerprint density at radius 1 is 1.06 bits per heavy atom. The van der Waals surface area contributed by atoms with Gasteiger partial charge in [-0.1, -0.05) is 17.7 Å². The molecule has 0 atom stereocenters. The number of anilines is 1. The third-order valence-corrected chi connectivity index (χ3v) is 2.94. The molecule has 2 aromatic carbocycles. The normalized spacial score (nSPS) is 10.3. The molecule has 0 bridgehead atoms. The molecule has 0 aliphatic rings. The first kappa shape index (κ1) is 11.8. The van der Waals surface area contributed by atoms with Gasteiger partial charge in [-0.2, -0.15) is 0 Å². The van der Waals surface area contributed by atoms with Gasteiger partial charge >= 0.3 is 0 Å². The van der Waals surface area contributed by atoms with Crippen molar-refractivity contribution in [1.29, 1.82) is 0 Å². The maximum absolute atomic E-state index is 6.03. The van der Waals surface area contributed by atoms with Crippen molar-refractivity contribution in [2.24, 2.45) is 0 Å². The molecule has 0 aliphatic carbocycles. The molecule has 0 aromatic heterocycles. The topological polar surface area (TPSA) is 35.2 Å². The zero-order valence-corrected chi connectivity index (χ0v) is 10.6. The van der Waals surface area contributed by atoms with E-state index in [9.17, 15) is 0 Å². The Bertz CT molecular complexity index is 552. The second kappa shape index (κ2) is 4.68. The first-order chi connectivity index (χ1) is 8.11. The highest BCUT2D eigenvalue weighted by Gasteiger charge is 2.09. The van der Waals surface area contributed by atoms with Gasteiger partial charge in [-0.15, -0.1) is 0 Å². The summed E-state index contributed by atoms with van der Waals surface area (Å²) in [4.78, 5) is 0. The Balaban J connectivity index is 2.62. The van der Waals surface area contributed by atoms with E-state index in [2.05, 4.69) is 0 Å². The van der Waals surface area contributed by atoms with Crippen molar-refractivity contribution in [2.75, 3.05) is 12.8 Å². The number of nitrogens with two attached hydrogens (primary N) is 1. The Hall–Kier alpha value is -1.67. The number of halogens is 1. The van der Waals surface area contributed by atoms with E-state index in [0.29, 0.717) is 5.02 Å². The van der Waals surface area contributed by atoms with E-state index in [1.165, 1.54) is 0 Å². The van der Waals surface area contributed by atoms with Crippen LogP contribution in [0.25, 0.3) is 11.1 Å². The molecule has 0 spiro atoms. The summed E-state index contributed by atoms with van der Waals surface area (Å²) in [6.07, 6.45) is 0. The van der Waals surface area contributed by atoms with Crippen molar-refractivity contribution in [3.8, 4) is 16.9 Å². The molecule has 0 saturated heterocycles. The smallest absolute Gasteiger partial charge is 0.126 e. The average molecular weight is 248 g/mol. The van der Waals surface area contributed by atoms with Gasteiger partial charge in [0.25, 0.3) is 0 Å². The van der Waals surface area contributed by atoms with Gasteiger partial charge in [-0.3, -0.25) is 0 Å². The minimum absolute atomic E-state index is 0.692. The third kappa shape index (κ3) is 2.37. The summed E-state index contributed by atoms with van der Waals surface area (Å²) in [5.41, 5.74) is 9.67. The van der Waals surface area contributed by atoms with Crippen molar-refractivity contribution < 1.29 is 4.74 Å². The van der Waals surface area contributed by atoms with Crippen LogP contribution in [0.5, 0.6) is 5.75 Å². The summed E-state index contributed by atoms with van der Waals surface area (Å²) in [6.45, 7) is 2.02. The van der Waals surface area contributed by atoms with Gasteiger partial charge in [0.05, 0.1) is 7.11 Å². The number of ether oxygens (including phenoxy) is 1. The summed E-state index contributed by atoms with van der Waals surface area (Å²) >= 11 is 6.03. The van der Waals surface area contributed by atoms with Gasteiger partial charge in [0.15, 0.2) is 0 Å². The molecule has 0 aliphatic heterocycles. The fourth-order valence-corrected chi connectivity index (χ4v) is 2.05. The minimum Gasteiger partial charge on any atom is -0.496 e. The van der Waals surface area contributed by atoms with Crippen molar-refractivity contribution >= 4 is 17.3 Å². The molecular weight excluding hydrogens is 234 g/mol. The second-order valence-corrected chi connectivity index (χ2v) is 4.36. The largest absolute Gasteiger partial charge is 0.496 e. The second-order valence-electron chi connectivity index (χ2n) is 3.92. The Kier molecular flexibility index (Phi) is 3.25. The fourth-order valence-electron chi connectivity index (χ4n) is 1.88. The molecule has 0 unspecified atom stereocenters. The standard InChI is InChI=1S/C14H14ClNO/c1-9-7-11(16)4-5-12(9)13-8-10(15)3-6-14(13)17-2/h3-8H,16H2,1-2H3. The van der Waals surface area contributed by atoms with Crippen LogP contribution in [0.4, 0.5) is 5.69 Å². The molecule has 2 aromatic rings. The molecule has 0 saturated carbocycles. The Labute approximate surface area is 106 Å². The summed E-state index contributed by atoms with van der Waals surface area (Å²) in [6, 6.07) is 11.4. The first-order valence-electron chi connectivity index (χ1n) is 5.32. The van der Waals surface area contributed by atoms with Crippen LogP contribution >= 0.6 is 11.6 Å². The summed E-state index contributed by atoms with van der Waals surface area (Å²) in [5, 5.41) is 0.692. The van der Waals surface area contributed by atoms with Crippen LogP contribution < -0.4 is 10.5 Å². The van der Waals surface area contributed by atoms with Gasteiger partial charge in [-0.25, -0.2) is 0 Å². The number of rotatable bonds is 2. The molecule has 2 N–H and O–H groups in total. The molecule has 0 amide bonds. The van der Waals surface area contributed by atoms with Crippen LogP contribution in [-0.4, -0.2) is 7.11 Å². The minimum atomic E-state index is 0.692. The van der Waals surface area contributed by atoms with Crippen molar-refractivity contribution in [1.82, 2.24) is 0 Å². The highest BCUT2D eigenvalue weighted by atomic mass is 35.5. The molecule has 2 rings (SSSR count). The van der Waals surface area contributed by atoms with Crippen LogP contribution in [-0.2, 0) is 0 Å². The van der Waals surface area contributed by atoms with Gasteiger partial charge in [-0.05, 0) is 48.4 Å². The molecule has 17 heavy (non-hydrogen) atoms. The van der Waals surface area contributed by atoms with E-state index in [0.717, 1.165) is 28.1 Å². The molecular formula is C14H14ClNO. The molecule has 0 heterocycles. The van der Waals surface area contributed by atoms with E-state index in [4.69, 9.17) is 22.1 Å². The first-order valence-corrected chi connectivity index (χ1v) is 5.69. The highest BCUT2D eigenvalue weighted by molar-refractivity contribution is 6.31. The SMILES string of the molecule is COc1ccc(Cl)cc1-c1ccc(N)cc1C. The lowest BCUT2D eigenvalue weighted by Gasteiger charge is -2.12. The molecule has 0 fully saturated rings. The van der Waals surface area contributed by atoms with Gasteiger partial charge in [0, 0.05) is 16.3 Å². The summed E-state index contributed by atoms with van der Waals surface area (Å²) < 4.78 is 5.35. The quantitative estimate of drug-likeness (QED) is 0.817. The third-order valence-electron chi connectivity index (χ3n) is 2.70. The fraction of sp³-hybridized carbons (Fsp3) is 0.143. The van der Waals surface area contributed by atoms with Gasteiger partial charge in [0.2, 0.25) is 0 Å². The Morgan fingerprint density at radius 2 is 1.82 bits per heavy atom. The van der Waals surface area contributed by atoms with Crippen molar-refractivity contribution in [3.63, 3.8) is 0 Å². The number of benzene rings is 2. The van der Waals surface area contributed by atoms with Crippen molar-refractivity contribution in [3.05, 3.63) is 47.0 Å². The van der Waals surface area contributed by atoms with E-state index < -0.39 is 0 Å². The molecule has 3 heteroatoms. The number of nitrogen functional groups attached to an aromatic ring is 1. The Morgan fingerprint density at radius 3 is 2.47 bits per heavy atom. The van der Waals surface area contributed by atoms with E-state index in [1.54, 1.807) is 7.11 Å². The predicted molar refractivity (Wildman–Crippen MR) is 72.6 cm³/mol. The molecule has 88 valence electrons. The van der Waals surface area contributed by atoms with Crippen LogP contribution in [0.2, 0.25) is 5.02 Å². The zero-order chi connectivity index (χ0) is 12.4. The maximum Gasteiger partial charge on any atom is 0.126 e. The van der Waals surface area contributed by atoms with Crippen molar-refractivity contribution in [2.45, 2.75) is 6.92 Å².